The van der Waals surface area contributed by atoms with Crippen molar-refractivity contribution in [2.45, 2.75) is 19.3 Å². The van der Waals surface area contributed by atoms with Crippen molar-refractivity contribution in [1.82, 2.24) is 9.97 Å². The first-order chi connectivity index (χ1) is 23.5. The summed E-state index contributed by atoms with van der Waals surface area (Å²) in [6.45, 7) is 4.70. The van der Waals surface area contributed by atoms with Crippen LogP contribution in [0.15, 0.2) is 150 Å². The molecular weight excluding hydrogens is 585 g/mol. The molecule has 2 heterocycles. The smallest absolute Gasteiger partial charge is 0.160 e. The van der Waals surface area contributed by atoms with Gasteiger partial charge in [0.2, 0.25) is 0 Å². The van der Waals surface area contributed by atoms with Gasteiger partial charge in [0.05, 0.1) is 11.2 Å². The third-order valence-corrected chi connectivity index (χ3v) is 10.2. The number of aromatic nitrogens is 2. The van der Waals surface area contributed by atoms with Crippen molar-refractivity contribution < 1.29 is 4.42 Å². The summed E-state index contributed by atoms with van der Waals surface area (Å²) in [7, 11) is 0. The Morgan fingerprint density at radius 1 is 0.479 bits per heavy atom. The van der Waals surface area contributed by atoms with E-state index in [-0.39, 0.29) is 5.41 Å². The molecule has 0 aliphatic heterocycles. The minimum Gasteiger partial charge on any atom is -0.456 e. The van der Waals surface area contributed by atoms with Crippen LogP contribution in [0.4, 0.5) is 0 Å². The summed E-state index contributed by atoms with van der Waals surface area (Å²) >= 11 is 0. The Balaban J connectivity index is 1.16. The van der Waals surface area contributed by atoms with E-state index < -0.39 is 0 Å². The Labute approximate surface area is 278 Å². The second-order valence-corrected chi connectivity index (χ2v) is 13.4. The predicted molar refractivity (Wildman–Crippen MR) is 198 cm³/mol. The third-order valence-electron chi connectivity index (χ3n) is 10.2. The molecule has 9 aromatic rings. The summed E-state index contributed by atoms with van der Waals surface area (Å²) < 4.78 is 6.33. The number of nitrogens with zero attached hydrogens (tertiary/aromatic N) is 2. The molecule has 226 valence electrons. The summed E-state index contributed by atoms with van der Waals surface area (Å²) in [6, 6.07) is 51.6. The molecular formula is C45H30N2O. The molecule has 3 heteroatoms. The molecule has 10 rings (SSSR count). The van der Waals surface area contributed by atoms with Crippen LogP contribution < -0.4 is 0 Å². The highest BCUT2D eigenvalue weighted by Gasteiger charge is 2.38. The van der Waals surface area contributed by atoms with Crippen molar-refractivity contribution in [2.24, 2.45) is 0 Å². The molecule has 0 N–H and O–H groups in total. The van der Waals surface area contributed by atoms with Gasteiger partial charge in [-0.3, -0.25) is 0 Å². The van der Waals surface area contributed by atoms with Crippen LogP contribution in [0.3, 0.4) is 0 Å². The fraction of sp³-hybridized carbons (Fsp3) is 0.0667. The van der Waals surface area contributed by atoms with Gasteiger partial charge < -0.3 is 4.42 Å². The molecule has 3 nitrogen and oxygen atoms in total. The van der Waals surface area contributed by atoms with Crippen LogP contribution in [0.5, 0.6) is 0 Å². The van der Waals surface area contributed by atoms with Gasteiger partial charge in [-0.15, -0.1) is 0 Å². The summed E-state index contributed by atoms with van der Waals surface area (Å²) in [4.78, 5) is 10.5. The molecule has 0 saturated carbocycles. The molecule has 0 unspecified atom stereocenters. The summed E-state index contributed by atoms with van der Waals surface area (Å²) in [5.41, 5.74) is 13.2. The van der Waals surface area contributed by atoms with Crippen molar-refractivity contribution in [2.75, 3.05) is 0 Å². The normalized spacial score (nSPS) is 13.4. The van der Waals surface area contributed by atoms with E-state index in [9.17, 15) is 0 Å². The Hall–Kier alpha value is -6.06. The predicted octanol–water partition coefficient (Wildman–Crippen LogP) is 12.0. The first-order valence-electron chi connectivity index (χ1n) is 16.5. The van der Waals surface area contributed by atoms with Gasteiger partial charge in [-0.1, -0.05) is 129 Å². The van der Waals surface area contributed by atoms with E-state index in [0.717, 1.165) is 61.1 Å². The van der Waals surface area contributed by atoms with E-state index in [0.29, 0.717) is 0 Å². The van der Waals surface area contributed by atoms with Gasteiger partial charge in [-0.2, -0.15) is 0 Å². The minimum atomic E-state index is -0.206. The highest BCUT2D eigenvalue weighted by Crippen LogP contribution is 2.54. The zero-order chi connectivity index (χ0) is 32.0. The lowest BCUT2D eigenvalue weighted by molar-refractivity contribution is 0.659. The zero-order valence-corrected chi connectivity index (χ0v) is 26.7. The maximum Gasteiger partial charge on any atom is 0.160 e. The van der Waals surface area contributed by atoms with Gasteiger partial charge in [0.25, 0.3) is 0 Å². The number of furan rings is 1. The minimum absolute atomic E-state index is 0.206. The number of hydrogen-bond donors (Lipinski definition) is 0. The fourth-order valence-electron chi connectivity index (χ4n) is 7.97. The molecule has 0 amide bonds. The van der Waals surface area contributed by atoms with Crippen molar-refractivity contribution >= 4 is 43.6 Å². The molecule has 0 saturated heterocycles. The van der Waals surface area contributed by atoms with Gasteiger partial charge in [0, 0.05) is 38.1 Å². The molecule has 2 aromatic heterocycles. The Morgan fingerprint density at radius 3 is 2.10 bits per heavy atom. The zero-order valence-electron chi connectivity index (χ0n) is 26.7. The van der Waals surface area contributed by atoms with Crippen LogP contribution in [0.25, 0.3) is 88.5 Å². The fourth-order valence-corrected chi connectivity index (χ4v) is 7.97. The van der Waals surface area contributed by atoms with E-state index in [4.69, 9.17) is 14.4 Å². The van der Waals surface area contributed by atoms with Crippen molar-refractivity contribution in [3.63, 3.8) is 0 Å². The van der Waals surface area contributed by atoms with E-state index in [1.165, 1.54) is 38.6 Å². The van der Waals surface area contributed by atoms with Gasteiger partial charge in [-0.25, -0.2) is 9.97 Å². The summed E-state index contributed by atoms with van der Waals surface area (Å²) in [5, 5.41) is 5.69. The van der Waals surface area contributed by atoms with Gasteiger partial charge >= 0.3 is 0 Å². The SMILES string of the molecule is CC1(C)c2cc3c(cc2-c2cccc(-c4cccc(-c5nc(-c6ccccc6)c6ccc7ccccc7c6n5)c4)c21)oc1ccccc13. The van der Waals surface area contributed by atoms with Crippen LogP contribution in [0.2, 0.25) is 0 Å². The Bertz CT molecular complexity index is 2750. The van der Waals surface area contributed by atoms with Crippen molar-refractivity contribution in [1.29, 1.82) is 0 Å². The largest absolute Gasteiger partial charge is 0.456 e. The second kappa shape index (κ2) is 9.97. The van der Waals surface area contributed by atoms with Crippen LogP contribution >= 0.6 is 0 Å². The summed E-state index contributed by atoms with van der Waals surface area (Å²) in [5.74, 6) is 0.724. The van der Waals surface area contributed by atoms with Crippen LogP contribution in [0.1, 0.15) is 25.0 Å². The van der Waals surface area contributed by atoms with E-state index in [1.54, 1.807) is 0 Å². The van der Waals surface area contributed by atoms with E-state index in [1.807, 2.05) is 12.1 Å². The van der Waals surface area contributed by atoms with Gasteiger partial charge in [0.1, 0.15) is 11.2 Å². The van der Waals surface area contributed by atoms with Crippen molar-refractivity contribution in [3.05, 3.63) is 157 Å². The number of hydrogen-bond acceptors (Lipinski definition) is 3. The lowest BCUT2D eigenvalue weighted by Gasteiger charge is -2.24. The standard InChI is InChI=1S/C45H30N2O/c1-45(2)38-25-37-33-18-8-9-21-39(33)48-40(37)26-36(38)34-20-11-19-31(41(34)45)29-15-10-16-30(24-29)44-46-42(28-13-4-3-5-14-28)35-23-22-27-12-6-7-17-32(27)43(35)47-44/h3-26H,1-2H3. The quantitative estimate of drug-likeness (QED) is 0.186. The number of para-hydroxylation sites is 1. The van der Waals surface area contributed by atoms with E-state index >= 15 is 0 Å². The highest BCUT2D eigenvalue weighted by molar-refractivity contribution is 6.10. The first-order valence-corrected chi connectivity index (χ1v) is 16.5. The van der Waals surface area contributed by atoms with E-state index in [2.05, 4.69) is 147 Å². The second-order valence-electron chi connectivity index (χ2n) is 13.4. The molecule has 0 spiro atoms. The maximum absolute atomic E-state index is 6.33. The van der Waals surface area contributed by atoms with Crippen LogP contribution in [0, 0.1) is 0 Å². The lowest BCUT2D eigenvalue weighted by atomic mass is 9.78. The molecule has 0 atom stereocenters. The molecule has 0 fully saturated rings. The van der Waals surface area contributed by atoms with Crippen LogP contribution in [-0.2, 0) is 5.41 Å². The van der Waals surface area contributed by atoms with Gasteiger partial charge in [0.15, 0.2) is 5.82 Å². The molecule has 1 aliphatic rings. The molecule has 0 radical (unpaired) electrons. The average molecular weight is 615 g/mol. The Morgan fingerprint density at radius 2 is 1.21 bits per heavy atom. The summed E-state index contributed by atoms with van der Waals surface area (Å²) in [6.07, 6.45) is 0. The maximum atomic E-state index is 6.33. The van der Waals surface area contributed by atoms with Crippen molar-refractivity contribution in [3.8, 4) is 44.9 Å². The third kappa shape index (κ3) is 3.88. The number of rotatable bonds is 3. The van der Waals surface area contributed by atoms with Crippen LogP contribution in [-0.4, -0.2) is 9.97 Å². The Kier molecular flexibility index (Phi) is 5.63. The van der Waals surface area contributed by atoms with Gasteiger partial charge in [-0.05, 0) is 69.1 Å². The molecule has 7 aromatic carbocycles. The average Bonchev–Trinajstić information content (AvgIpc) is 3.62. The molecule has 48 heavy (non-hydrogen) atoms. The topological polar surface area (TPSA) is 38.9 Å². The highest BCUT2D eigenvalue weighted by atomic mass is 16.3. The first kappa shape index (κ1) is 27.1. The monoisotopic (exact) mass is 614 g/mol. The number of fused-ring (bicyclic) bond motifs is 9. The number of benzene rings is 7. The molecule has 0 bridgehead atoms. The lowest BCUT2D eigenvalue weighted by Crippen LogP contribution is -2.16. The molecule has 1 aliphatic carbocycles.